The van der Waals surface area contributed by atoms with Crippen LogP contribution in [0.4, 0.5) is 5.69 Å². The fourth-order valence-corrected chi connectivity index (χ4v) is 1.90. The Bertz CT molecular complexity index is 450. The van der Waals surface area contributed by atoms with Crippen LogP contribution in [0, 0.1) is 0 Å². The Hall–Kier alpha value is -1.84. The minimum atomic E-state index is 0.463. The molecule has 2 aromatic rings. The van der Waals surface area contributed by atoms with Crippen LogP contribution in [0.5, 0.6) is 0 Å². The van der Waals surface area contributed by atoms with Crippen molar-refractivity contribution in [3.05, 3.63) is 36.7 Å². The summed E-state index contributed by atoms with van der Waals surface area (Å²) in [5.74, 6) is 0. The van der Waals surface area contributed by atoms with Crippen molar-refractivity contribution in [2.75, 3.05) is 5.32 Å². The Kier molecular flexibility index (Phi) is 3.75. The molecule has 1 heterocycles. The first-order chi connectivity index (χ1) is 8.31. The normalized spacial score (nSPS) is 12.4. The maximum absolute atomic E-state index is 4.03. The first kappa shape index (κ1) is 11.6. The van der Waals surface area contributed by atoms with Crippen molar-refractivity contribution in [3.8, 4) is 5.69 Å². The van der Waals surface area contributed by atoms with Crippen LogP contribution in [0.15, 0.2) is 36.7 Å². The van der Waals surface area contributed by atoms with Gasteiger partial charge >= 0.3 is 0 Å². The molecule has 1 aromatic carbocycles. The van der Waals surface area contributed by atoms with Crippen molar-refractivity contribution in [3.63, 3.8) is 0 Å². The zero-order valence-corrected chi connectivity index (χ0v) is 10.3. The van der Waals surface area contributed by atoms with Crippen molar-refractivity contribution in [1.29, 1.82) is 0 Å². The van der Waals surface area contributed by atoms with Crippen molar-refractivity contribution in [2.24, 2.45) is 0 Å². The zero-order chi connectivity index (χ0) is 12.1. The third-order valence-electron chi connectivity index (χ3n) is 2.70. The van der Waals surface area contributed by atoms with E-state index in [2.05, 4.69) is 35.5 Å². The third-order valence-corrected chi connectivity index (χ3v) is 2.70. The maximum Gasteiger partial charge on any atom is 0.0894 e. The van der Waals surface area contributed by atoms with Crippen molar-refractivity contribution < 1.29 is 0 Å². The van der Waals surface area contributed by atoms with Crippen LogP contribution in [0.1, 0.15) is 26.7 Å². The van der Waals surface area contributed by atoms with Gasteiger partial charge in [0.25, 0.3) is 0 Å². The SMILES string of the molecule is CCCC(C)Nc1ccccc1-n1ccnn1. The number of nitrogens with zero attached hydrogens (tertiary/aromatic N) is 3. The van der Waals surface area contributed by atoms with Gasteiger partial charge < -0.3 is 5.32 Å². The molecule has 1 aromatic heterocycles. The standard InChI is InChI=1S/C13H18N4/c1-3-6-11(2)15-12-7-4-5-8-13(12)17-10-9-14-16-17/h4-5,7-11,15H,3,6H2,1-2H3. The summed E-state index contributed by atoms with van der Waals surface area (Å²) in [6.07, 6.45) is 5.88. The molecule has 0 aliphatic carbocycles. The highest BCUT2D eigenvalue weighted by Gasteiger charge is 2.07. The molecule has 1 N–H and O–H groups in total. The minimum Gasteiger partial charge on any atom is -0.381 e. The van der Waals surface area contributed by atoms with Crippen molar-refractivity contribution >= 4 is 5.69 Å². The van der Waals surface area contributed by atoms with Crippen LogP contribution < -0.4 is 5.32 Å². The van der Waals surface area contributed by atoms with Crippen LogP contribution in [0.3, 0.4) is 0 Å². The molecule has 1 unspecified atom stereocenters. The highest BCUT2D eigenvalue weighted by Crippen LogP contribution is 2.20. The molecule has 0 saturated heterocycles. The first-order valence-electron chi connectivity index (χ1n) is 6.03. The van der Waals surface area contributed by atoms with Crippen LogP contribution in [0.2, 0.25) is 0 Å². The predicted molar refractivity (Wildman–Crippen MR) is 69.4 cm³/mol. The predicted octanol–water partition coefficient (Wildman–Crippen LogP) is 2.87. The molecular weight excluding hydrogens is 212 g/mol. The van der Waals surface area contributed by atoms with E-state index in [9.17, 15) is 0 Å². The second-order valence-electron chi connectivity index (χ2n) is 4.20. The second-order valence-corrected chi connectivity index (χ2v) is 4.20. The highest BCUT2D eigenvalue weighted by atomic mass is 15.4. The average molecular weight is 230 g/mol. The van der Waals surface area contributed by atoms with E-state index >= 15 is 0 Å². The Morgan fingerprint density at radius 1 is 1.35 bits per heavy atom. The summed E-state index contributed by atoms with van der Waals surface area (Å²) in [5.41, 5.74) is 2.13. The lowest BCUT2D eigenvalue weighted by molar-refractivity contribution is 0.688. The molecule has 0 aliphatic rings. The summed E-state index contributed by atoms with van der Waals surface area (Å²) in [5, 5.41) is 11.4. The van der Waals surface area contributed by atoms with E-state index in [0.717, 1.165) is 17.8 Å². The Balaban J connectivity index is 2.22. The lowest BCUT2D eigenvalue weighted by Gasteiger charge is -2.17. The lowest BCUT2D eigenvalue weighted by Crippen LogP contribution is -2.16. The molecule has 90 valence electrons. The van der Waals surface area contributed by atoms with E-state index in [1.54, 1.807) is 10.9 Å². The third kappa shape index (κ3) is 2.84. The summed E-state index contributed by atoms with van der Waals surface area (Å²) in [4.78, 5) is 0. The molecule has 0 amide bonds. The number of anilines is 1. The molecule has 0 saturated carbocycles. The summed E-state index contributed by atoms with van der Waals surface area (Å²) in [6, 6.07) is 8.61. The van der Waals surface area contributed by atoms with Gasteiger partial charge in [0.15, 0.2) is 0 Å². The Labute approximate surface area is 102 Å². The molecule has 0 fully saturated rings. The lowest BCUT2D eigenvalue weighted by atomic mass is 10.1. The monoisotopic (exact) mass is 230 g/mol. The molecule has 1 atom stereocenters. The van der Waals surface area contributed by atoms with Gasteiger partial charge in [-0.25, -0.2) is 4.68 Å². The van der Waals surface area contributed by atoms with Gasteiger partial charge in [0.2, 0.25) is 0 Å². The topological polar surface area (TPSA) is 42.7 Å². The number of aromatic nitrogens is 3. The van der Waals surface area contributed by atoms with E-state index < -0.39 is 0 Å². The van der Waals surface area contributed by atoms with Gasteiger partial charge in [-0.1, -0.05) is 30.7 Å². The number of rotatable bonds is 5. The largest absolute Gasteiger partial charge is 0.381 e. The van der Waals surface area contributed by atoms with Gasteiger partial charge in [-0.05, 0) is 25.5 Å². The number of benzene rings is 1. The van der Waals surface area contributed by atoms with Crippen molar-refractivity contribution in [2.45, 2.75) is 32.7 Å². The van der Waals surface area contributed by atoms with E-state index in [-0.39, 0.29) is 0 Å². The number of nitrogens with one attached hydrogen (secondary N) is 1. The number of hydrogen-bond acceptors (Lipinski definition) is 3. The van der Waals surface area contributed by atoms with Gasteiger partial charge in [-0.2, -0.15) is 0 Å². The molecule has 0 spiro atoms. The quantitative estimate of drug-likeness (QED) is 0.858. The van der Waals surface area contributed by atoms with Gasteiger partial charge in [-0.15, -0.1) is 5.10 Å². The minimum absolute atomic E-state index is 0.463. The molecule has 2 rings (SSSR count). The van der Waals surface area contributed by atoms with Gasteiger partial charge in [0, 0.05) is 6.04 Å². The van der Waals surface area contributed by atoms with E-state index in [4.69, 9.17) is 0 Å². The summed E-state index contributed by atoms with van der Waals surface area (Å²) < 4.78 is 1.78. The van der Waals surface area contributed by atoms with E-state index in [1.165, 1.54) is 6.42 Å². The number of para-hydroxylation sites is 2. The smallest absolute Gasteiger partial charge is 0.0894 e. The zero-order valence-electron chi connectivity index (χ0n) is 10.3. The summed E-state index contributed by atoms with van der Waals surface area (Å²) in [6.45, 7) is 4.39. The molecule has 4 heteroatoms. The first-order valence-corrected chi connectivity index (χ1v) is 6.03. The molecule has 4 nitrogen and oxygen atoms in total. The molecule has 0 aliphatic heterocycles. The van der Waals surface area contributed by atoms with Crippen LogP contribution in [-0.2, 0) is 0 Å². The maximum atomic E-state index is 4.03. The molecule has 17 heavy (non-hydrogen) atoms. The van der Waals surface area contributed by atoms with E-state index in [0.29, 0.717) is 6.04 Å². The van der Waals surface area contributed by atoms with Gasteiger partial charge in [-0.3, -0.25) is 0 Å². The van der Waals surface area contributed by atoms with Gasteiger partial charge in [0.1, 0.15) is 0 Å². The van der Waals surface area contributed by atoms with E-state index in [1.807, 2.05) is 24.4 Å². The van der Waals surface area contributed by atoms with Crippen LogP contribution in [-0.4, -0.2) is 21.0 Å². The van der Waals surface area contributed by atoms with Crippen LogP contribution in [0.25, 0.3) is 5.69 Å². The average Bonchev–Trinajstić information content (AvgIpc) is 2.83. The Morgan fingerprint density at radius 2 is 2.18 bits per heavy atom. The Morgan fingerprint density at radius 3 is 2.88 bits per heavy atom. The second kappa shape index (κ2) is 5.48. The summed E-state index contributed by atoms with van der Waals surface area (Å²) in [7, 11) is 0. The van der Waals surface area contributed by atoms with Gasteiger partial charge in [0.05, 0.1) is 23.8 Å². The van der Waals surface area contributed by atoms with Crippen molar-refractivity contribution in [1.82, 2.24) is 15.0 Å². The molecular formula is C13H18N4. The fraction of sp³-hybridized carbons (Fsp3) is 0.385. The number of hydrogen-bond donors (Lipinski definition) is 1. The fourth-order valence-electron chi connectivity index (χ4n) is 1.90. The van der Waals surface area contributed by atoms with Crippen LogP contribution >= 0.6 is 0 Å². The highest BCUT2D eigenvalue weighted by molar-refractivity contribution is 5.60. The molecule has 0 radical (unpaired) electrons. The summed E-state index contributed by atoms with van der Waals surface area (Å²) >= 11 is 0. The molecule has 0 bridgehead atoms.